The highest BCUT2D eigenvalue weighted by Crippen LogP contribution is 2.41. The number of aliphatic imine (C=N–C) groups is 1. The van der Waals surface area contributed by atoms with Gasteiger partial charge in [0.1, 0.15) is 18.6 Å². The van der Waals surface area contributed by atoms with Crippen molar-refractivity contribution in [3.8, 4) is 0 Å². The van der Waals surface area contributed by atoms with Crippen molar-refractivity contribution >= 4 is 41.7 Å². The summed E-state index contributed by atoms with van der Waals surface area (Å²) in [6.45, 7) is 1.65. The highest BCUT2D eigenvalue weighted by atomic mass is 32.2. The number of alkyl carbamates (subject to hydrolysis) is 2. The van der Waals surface area contributed by atoms with E-state index in [-0.39, 0.29) is 48.8 Å². The first-order chi connectivity index (χ1) is 20.4. The Bertz CT molecular complexity index is 1330. The van der Waals surface area contributed by atoms with E-state index >= 15 is 0 Å². The minimum Gasteiger partial charge on any atom is -0.444 e. The van der Waals surface area contributed by atoms with Crippen LogP contribution in [0.25, 0.3) is 0 Å². The van der Waals surface area contributed by atoms with E-state index in [1.807, 2.05) is 91.0 Å². The fourth-order valence-electron chi connectivity index (χ4n) is 4.22. The molecule has 218 valence electrons. The molecule has 42 heavy (non-hydrogen) atoms. The predicted molar refractivity (Wildman–Crippen MR) is 158 cm³/mol. The van der Waals surface area contributed by atoms with Crippen LogP contribution < -0.4 is 10.6 Å². The molecule has 0 saturated carbocycles. The van der Waals surface area contributed by atoms with Crippen molar-refractivity contribution in [2.75, 3.05) is 6.54 Å². The number of β-lactam (4-membered cyclic amide) rings is 1. The lowest BCUT2D eigenvalue weighted by Gasteiger charge is -2.44. The number of hydrogen-bond acceptors (Lipinski definition) is 8. The van der Waals surface area contributed by atoms with Gasteiger partial charge in [-0.05, 0) is 36.1 Å². The van der Waals surface area contributed by atoms with Gasteiger partial charge in [-0.15, -0.1) is 0 Å². The molecule has 4 rings (SSSR count). The third-order valence-electron chi connectivity index (χ3n) is 6.30. The lowest BCUT2D eigenvalue weighted by molar-refractivity contribution is -0.160. The molecule has 4 amide bonds. The number of nitrogens with one attached hydrogen (secondary N) is 2. The van der Waals surface area contributed by atoms with Crippen LogP contribution in [0, 0.1) is 5.92 Å². The van der Waals surface area contributed by atoms with Crippen molar-refractivity contribution in [3.05, 3.63) is 102 Å². The van der Waals surface area contributed by atoms with Crippen molar-refractivity contribution in [1.29, 1.82) is 0 Å². The Morgan fingerprint density at radius 2 is 1.31 bits per heavy atom. The molecule has 2 N–H and O–H groups in total. The second kappa shape index (κ2) is 15.4. The quantitative estimate of drug-likeness (QED) is 0.146. The highest BCUT2D eigenvalue weighted by molar-refractivity contribution is 8.00. The van der Waals surface area contributed by atoms with E-state index in [4.69, 9.17) is 9.47 Å². The summed E-state index contributed by atoms with van der Waals surface area (Å²) in [5.74, 6) is -0.997. The number of nitrogens with zero attached hydrogens (tertiary/aromatic N) is 2. The minimum atomic E-state index is -0.799. The Balaban J connectivity index is 1.34. The number of amides is 4. The molecule has 1 saturated heterocycles. The summed E-state index contributed by atoms with van der Waals surface area (Å²) in [6.07, 6.45) is -0.655. The Morgan fingerprint density at radius 3 is 1.81 bits per heavy atom. The van der Waals surface area contributed by atoms with Gasteiger partial charge in [-0.3, -0.25) is 30.1 Å². The molecule has 1 aliphatic rings. The topological polar surface area (TPSA) is 126 Å². The summed E-state index contributed by atoms with van der Waals surface area (Å²) in [5, 5.41) is 4.61. The molecule has 2 atom stereocenters. The van der Waals surface area contributed by atoms with Gasteiger partial charge in [-0.2, -0.15) is 0 Å². The number of benzene rings is 3. The molecule has 0 unspecified atom stereocenters. The Morgan fingerprint density at radius 1 is 0.810 bits per heavy atom. The van der Waals surface area contributed by atoms with Crippen LogP contribution in [0.4, 0.5) is 9.59 Å². The van der Waals surface area contributed by atoms with E-state index < -0.39 is 12.2 Å². The Kier molecular flexibility index (Phi) is 11.1. The number of hydrogen-bond donors (Lipinski definition) is 2. The standard InChI is InChI=1S/C31H32N4O6S/c1-22(36)35-27(37)26(28(35)42-25-16-9-4-10-17-25)18-11-19-32-29(33-30(38)40-20-23-12-5-2-6-13-23)34-31(39)41-21-24-14-7-3-8-15-24/h2-10,12-17,26,28H,11,18-21H2,1H3,(H2,32,33,34,38,39)/t26-,28+/m0/s1. The van der Waals surface area contributed by atoms with Crippen LogP contribution in [0.3, 0.4) is 0 Å². The number of imide groups is 1. The number of carbonyl (C=O) groups excluding carboxylic acids is 4. The van der Waals surface area contributed by atoms with E-state index in [9.17, 15) is 19.2 Å². The third-order valence-corrected chi connectivity index (χ3v) is 7.63. The zero-order valence-corrected chi connectivity index (χ0v) is 23.9. The summed E-state index contributed by atoms with van der Waals surface area (Å²) in [7, 11) is 0. The summed E-state index contributed by atoms with van der Waals surface area (Å²) in [5.41, 5.74) is 1.60. The molecule has 1 heterocycles. The maximum atomic E-state index is 12.7. The maximum Gasteiger partial charge on any atom is 0.414 e. The van der Waals surface area contributed by atoms with Crippen molar-refractivity contribution < 1.29 is 28.7 Å². The third kappa shape index (κ3) is 8.93. The number of thioether (sulfide) groups is 1. The van der Waals surface area contributed by atoms with E-state index in [2.05, 4.69) is 15.6 Å². The van der Waals surface area contributed by atoms with Crippen LogP contribution in [-0.4, -0.2) is 46.8 Å². The van der Waals surface area contributed by atoms with E-state index in [1.165, 1.54) is 23.6 Å². The minimum absolute atomic E-state index is 0.0370. The highest BCUT2D eigenvalue weighted by Gasteiger charge is 2.49. The SMILES string of the molecule is CC(=O)N1C(=O)[C@H](CCCN=C(NC(=O)OCc2ccccc2)NC(=O)OCc2ccccc2)[C@H]1Sc1ccccc1. The molecule has 1 aliphatic heterocycles. The molecule has 3 aromatic rings. The monoisotopic (exact) mass is 588 g/mol. The van der Waals surface area contributed by atoms with Gasteiger partial charge in [-0.1, -0.05) is 90.6 Å². The van der Waals surface area contributed by atoms with Gasteiger partial charge in [0, 0.05) is 18.4 Å². The maximum absolute atomic E-state index is 12.7. The normalized spacial score (nSPS) is 15.6. The number of likely N-dealkylation sites (tertiary alicyclic amines) is 1. The fourth-order valence-corrected chi connectivity index (χ4v) is 5.59. The predicted octanol–water partition coefficient (Wildman–Crippen LogP) is 5.10. The van der Waals surface area contributed by atoms with Gasteiger partial charge in [0.05, 0.1) is 5.92 Å². The van der Waals surface area contributed by atoms with Crippen molar-refractivity contribution in [2.45, 2.75) is 43.2 Å². The van der Waals surface area contributed by atoms with Gasteiger partial charge in [0.2, 0.25) is 17.8 Å². The van der Waals surface area contributed by atoms with Gasteiger partial charge in [0.25, 0.3) is 0 Å². The van der Waals surface area contributed by atoms with E-state index in [1.54, 1.807) is 0 Å². The first-order valence-electron chi connectivity index (χ1n) is 13.5. The summed E-state index contributed by atoms with van der Waals surface area (Å²) < 4.78 is 10.5. The lowest BCUT2D eigenvalue weighted by atomic mass is 9.93. The van der Waals surface area contributed by atoms with Crippen LogP contribution in [-0.2, 0) is 32.3 Å². The van der Waals surface area contributed by atoms with Gasteiger partial charge >= 0.3 is 12.2 Å². The largest absolute Gasteiger partial charge is 0.444 e. The molecular weight excluding hydrogens is 556 g/mol. The number of carbonyl (C=O) groups is 4. The first-order valence-corrected chi connectivity index (χ1v) is 14.3. The first kappa shape index (κ1) is 30.3. The van der Waals surface area contributed by atoms with Gasteiger partial charge in [0.15, 0.2) is 0 Å². The molecule has 0 radical (unpaired) electrons. The van der Waals surface area contributed by atoms with Crippen LogP contribution in [0.5, 0.6) is 0 Å². The summed E-state index contributed by atoms with van der Waals surface area (Å²) in [6, 6.07) is 27.9. The van der Waals surface area contributed by atoms with Crippen molar-refractivity contribution in [2.24, 2.45) is 10.9 Å². The van der Waals surface area contributed by atoms with Crippen LogP contribution >= 0.6 is 11.8 Å². The van der Waals surface area contributed by atoms with Crippen molar-refractivity contribution in [1.82, 2.24) is 15.5 Å². The molecule has 0 bridgehead atoms. The zero-order valence-electron chi connectivity index (χ0n) is 23.1. The van der Waals surface area contributed by atoms with E-state index in [0.29, 0.717) is 12.8 Å². The molecule has 0 aliphatic carbocycles. The lowest BCUT2D eigenvalue weighted by Crippen LogP contribution is -2.60. The second-order valence-electron chi connectivity index (χ2n) is 9.40. The average molecular weight is 589 g/mol. The van der Waals surface area contributed by atoms with Crippen LogP contribution in [0.15, 0.2) is 101 Å². The molecule has 1 fully saturated rings. The smallest absolute Gasteiger partial charge is 0.414 e. The zero-order chi connectivity index (χ0) is 29.7. The average Bonchev–Trinajstić information content (AvgIpc) is 3.00. The Hall–Kier alpha value is -4.64. The van der Waals surface area contributed by atoms with Crippen molar-refractivity contribution in [3.63, 3.8) is 0 Å². The molecule has 10 nitrogen and oxygen atoms in total. The number of guanidine groups is 1. The Labute approximate surface area is 248 Å². The molecule has 11 heteroatoms. The molecule has 0 aromatic heterocycles. The number of ether oxygens (including phenoxy) is 2. The number of rotatable bonds is 10. The molecule has 3 aromatic carbocycles. The van der Waals surface area contributed by atoms with Crippen LogP contribution in [0.1, 0.15) is 30.9 Å². The fraction of sp³-hybridized carbons (Fsp3) is 0.258. The van der Waals surface area contributed by atoms with Crippen LogP contribution in [0.2, 0.25) is 0 Å². The summed E-state index contributed by atoms with van der Waals surface area (Å²) in [4.78, 5) is 56.2. The molecule has 0 spiro atoms. The van der Waals surface area contributed by atoms with E-state index in [0.717, 1.165) is 16.0 Å². The van der Waals surface area contributed by atoms with Gasteiger partial charge < -0.3 is 9.47 Å². The summed E-state index contributed by atoms with van der Waals surface area (Å²) >= 11 is 1.47. The molecular formula is C31H32N4O6S. The second-order valence-corrected chi connectivity index (χ2v) is 10.6. The van der Waals surface area contributed by atoms with Gasteiger partial charge in [-0.25, -0.2) is 9.59 Å².